The number of hydrogen-bond donors (Lipinski definition) is 2. The zero-order valence-corrected chi connectivity index (χ0v) is 10.9. The lowest BCUT2D eigenvalue weighted by Gasteiger charge is -2.32. The number of nitrogens with one attached hydrogen (secondary N) is 1. The molecule has 0 aromatic heterocycles. The molecule has 16 heavy (non-hydrogen) atoms. The fraction of sp³-hybridized carbons (Fsp3) is 1.00. The summed E-state index contributed by atoms with van der Waals surface area (Å²) >= 11 is 0. The number of aliphatic hydroxyl groups is 1. The van der Waals surface area contributed by atoms with Gasteiger partial charge in [0.2, 0.25) is 0 Å². The summed E-state index contributed by atoms with van der Waals surface area (Å²) in [5, 5.41) is 12.6. The number of unbranched alkanes of at least 4 members (excludes halogenated alkanes) is 7. The van der Waals surface area contributed by atoms with E-state index in [1.165, 1.54) is 51.4 Å². The van der Waals surface area contributed by atoms with Crippen molar-refractivity contribution in [1.82, 2.24) is 5.32 Å². The van der Waals surface area contributed by atoms with Gasteiger partial charge in [0.25, 0.3) is 0 Å². The predicted octanol–water partition coefficient (Wildman–Crippen LogP) is 3.24. The molecule has 1 fully saturated rings. The van der Waals surface area contributed by atoms with Crippen LogP contribution in [-0.2, 0) is 0 Å². The van der Waals surface area contributed by atoms with Gasteiger partial charge in [-0.2, -0.15) is 0 Å². The SMILES string of the molecule is CCCCCCCCCCNC1CC(O)C1. The summed E-state index contributed by atoms with van der Waals surface area (Å²) in [7, 11) is 0. The van der Waals surface area contributed by atoms with E-state index in [9.17, 15) is 0 Å². The molecular weight excluding hydrogens is 198 g/mol. The molecule has 0 aliphatic heterocycles. The van der Waals surface area contributed by atoms with Gasteiger partial charge in [-0.1, -0.05) is 51.9 Å². The van der Waals surface area contributed by atoms with Crippen molar-refractivity contribution in [3.05, 3.63) is 0 Å². The molecule has 0 aromatic rings. The minimum atomic E-state index is -0.0175. The van der Waals surface area contributed by atoms with Gasteiger partial charge in [0.1, 0.15) is 0 Å². The first kappa shape index (κ1) is 14.0. The molecule has 1 saturated carbocycles. The monoisotopic (exact) mass is 227 g/mol. The summed E-state index contributed by atoms with van der Waals surface area (Å²) in [6.45, 7) is 3.41. The molecule has 0 saturated heterocycles. The Balaban J connectivity index is 1.68. The van der Waals surface area contributed by atoms with Crippen molar-refractivity contribution in [2.45, 2.75) is 83.3 Å². The molecule has 0 bridgehead atoms. The van der Waals surface area contributed by atoms with Crippen molar-refractivity contribution in [3.8, 4) is 0 Å². The van der Waals surface area contributed by atoms with Gasteiger partial charge in [0.05, 0.1) is 6.10 Å². The Hall–Kier alpha value is -0.0800. The van der Waals surface area contributed by atoms with Crippen LogP contribution in [0.2, 0.25) is 0 Å². The van der Waals surface area contributed by atoms with Crippen molar-refractivity contribution in [2.24, 2.45) is 0 Å². The second-order valence-electron chi connectivity index (χ2n) is 5.25. The second-order valence-corrected chi connectivity index (χ2v) is 5.25. The van der Waals surface area contributed by atoms with Crippen LogP contribution in [0.25, 0.3) is 0 Å². The van der Waals surface area contributed by atoms with Crippen molar-refractivity contribution in [3.63, 3.8) is 0 Å². The fourth-order valence-electron chi connectivity index (χ4n) is 2.32. The van der Waals surface area contributed by atoms with Gasteiger partial charge in [0, 0.05) is 6.04 Å². The van der Waals surface area contributed by atoms with Crippen LogP contribution in [0, 0.1) is 0 Å². The normalized spacial score (nSPS) is 24.4. The van der Waals surface area contributed by atoms with Crippen molar-refractivity contribution in [2.75, 3.05) is 6.54 Å². The minimum absolute atomic E-state index is 0.0175. The predicted molar refractivity (Wildman–Crippen MR) is 69.6 cm³/mol. The first-order valence-corrected chi connectivity index (χ1v) is 7.24. The molecule has 1 aliphatic rings. The van der Waals surface area contributed by atoms with E-state index in [0.29, 0.717) is 6.04 Å². The van der Waals surface area contributed by atoms with E-state index in [1.54, 1.807) is 0 Å². The molecule has 0 spiro atoms. The summed E-state index contributed by atoms with van der Waals surface area (Å²) in [5.74, 6) is 0. The van der Waals surface area contributed by atoms with Gasteiger partial charge in [-0.25, -0.2) is 0 Å². The fourth-order valence-corrected chi connectivity index (χ4v) is 2.32. The molecule has 0 amide bonds. The summed E-state index contributed by atoms with van der Waals surface area (Å²) in [6.07, 6.45) is 13.0. The maximum Gasteiger partial charge on any atom is 0.0570 e. The number of aliphatic hydroxyl groups excluding tert-OH is 1. The highest BCUT2D eigenvalue weighted by molar-refractivity contribution is 4.84. The van der Waals surface area contributed by atoms with E-state index in [-0.39, 0.29) is 6.10 Å². The van der Waals surface area contributed by atoms with Gasteiger partial charge >= 0.3 is 0 Å². The van der Waals surface area contributed by atoms with E-state index < -0.39 is 0 Å². The Kier molecular flexibility index (Phi) is 7.87. The van der Waals surface area contributed by atoms with Crippen LogP contribution in [0.4, 0.5) is 0 Å². The van der Waals surface area contributed by atoms with Crippen molar-refractivity contribution < 1.29 is 5.11 Å². The molecule has 2 nitrogen and oxygen atoms in total. The van der Waals surface area contributed by atoms with Crippen molar-refractivity contribution >= 4 is 0 Å². The average Bonchev–Trinajstić information content (AvgIpc) is 2.24. The second kappa shape index (κ2) is 9.00. The maximum atomic E-state index is 9.12. The molecule has 96 valence electrons. The summed E-state index contributed by atoms with van der Waals surface area (Å²) in [6, 6.07) is 0.611. The molecule has 0 radical (unpaired) electrons. The first-order chi connectivity index (χ1) is 7.83. The maximum absolute atomic E-state index is 9.12. The van der Waals surface area contributed by atoms with Crippen LogP contribution in [0.5, 0.6) is 0 Å². The lowest BCUT2D eigenvalue weighted by atomic mass is 9.89. The largest absolute Gasteiger partial charge is 0.393 e. The highest BCUT2D eigenvalue weighted by atomic mass is 16.3. The van der Waals surface area contributed by atoms with Crippen LogP contribution in [0.3, 0.4) is 0 Å². The summed E-state index contributed by atoms with van der Waals surface area (Å²) < 4.78 is 0. The van der Waals surface area contributed by atoms with Crippen molar-refractivity contribution in [1.29, 1.82) is 0 Å². The lowest BCUT2D eigenvalue weighted by Crippen LogP contribution is -2.44. The Morgan fingerprint density at radius 3 is 2.06 bits per heavy atom. The van der Waals surface area contributed by atoms with E-state index >= 15 is 0 Å². The molecule has 0 unspecified atom stereocenters. The molecule has 2 heteroatoms. The third kappa shape index (κ3) is 6.49. The molecule has 0 atom stereocenters. The quantitative estimate of drug-likeness (QED) is 0.562. The Morgan fingerprint density at radius 2 is 1.50 bits per heavy atom. The zero-order chi connectivity index (χ0) is 11.6. The van der Waals surface area contributed by atoms with Crippen LogP contribution >= 0.6 is 0 Å². The molecule has 1 aliphatic carbocycles. The van der Waals surface area contributed by atoms with Crippen LogP contribution in [-0.4, -0.2) is 23.8 Å². The third-order valence-electron chi connectivity index (χ3n) is 3.58. The average molecular weight is 227 g/mol. The minimum Gasteiger partial charge on any atom is -0.393 e. The van der Waals surface area contributed by atoms with Crippen LogP contribution in [0.15, 0.2) is 0 Å². The number of rotatable bonds is 10. The van der Waals surface area contributed by atoms with Gasteiger partial charge in [-0.15, -0.1) is 0 Å². The standard InChI is InChI=1S/C14H29NO/c1-2-3-4-5-6-7-8-9-10-15-13-11-14(16)12-13/h13-16H,2-12H2,1H3. The van der Waals surface area contributed by atoms with Crippen LogP contribution < -0.4 is 5.32 Å². The third-order valence-corrected chi connectivity index (χ3v) is 3.58. The van der Waals surface area contributed by atoms with Gasteiger partial charge in [-0.05, 0) is 25.8 Å². The van der Waals surface area contributed by atoms with E-state index in [4.69, 9.17) is 5.11 Å². The lowest BCUT2D eigenvalue weighted by molar-refractivity contribution is 0.0626. The Labute approximate surface area is 101 Å². The van der Waals surface area contributed by atoms with Gasteiger partial charge < -0.3 is 10.4 Å². The topological polar surface area (TPSA) is 32.3 Å². The van der Waals surface area contributed by atoms with Gasteiger partial charge in [0.15, 0.2) is 0 Å². The van der Waals surface area contributed by atoms with E-state index in [1.807, 2.05) is 0 Å². The van der Waals surface area contributed by atoms with Crippen LogP contribution in [0.1, 0.15) is 71.1 Å². The van der Waals surface area contributed by atoms with E-state index in [2.05, 4.69) is 12.2 Å². The zero-order valence-electron chi connectivity index (χ0n) is 10.9. The highest BCUT2D eigenvalue weighted by Crippen LogP contribution is 2.19. The molecule has 2 N–H and O–H groups in total. The summed E-state index contributed by atoms with van der Waals surface area (Å²) in [5.41, 5.74) is 0. The van der Waals surface area contributed by atoms with E-state index in [0.717, 1.165) is 19.4 Å². The highest BCUT2D eigenvalue weighted by Gasteiger charge is 2.25. The summed E-state index contributed by atoms with van der Waals surface area (Å²) in [4.78, 5) is 0. The number of hydrogen-bond acceptors (Lipinski definition) is 2. The molecule has 0 aromatic carbocycles. The smallest absolute Gasteiger partial charge is 0.0570 e. The molecular formula is C14H29NO. The first-order valence-electron chi connectivity index (χ1n) is 7.24. The Morgan fingerprint density at radius 1 is 0.938 bits per heavy atom. The van der Waals surface area contributed by atoms with Gasteiger partial charge in [-0.3, -0.25) is 0 Å². The molecule has 0 heterocycles. The Bertz CT molecular complexity index is 155. The molecule has 1 rings (SSSR count).